The van der Waals surface area contributed by atoms with Crippen molar-refractivity contribution >= 4 is 11.8 Å². The average Bonchev–Trinajstić information content (AvgIpc) is 2.89. The van der Waals surface area contributed by atoms with Crippen LogP contribution in [0.3, 0.4) is 0 Å². The van der Waals surface area contributed by atoms with Gasteiger partial charge in [-0.15, -0.1) is 0 Å². The summed E-state index contributed by atoms with van der Waals surface area (Å²) in [6.45, 7) is 6.47. The van der Waals surface area contributed by atoms with Crippen molar-refractivity contribution in [2.45, 2.75) is 20.8 Å². The van der Waals surface area contributed by atoms with Gasteiger partial charge in [0.05, 0.1) is 0 Å². The van der Waals surface area contributed by atoms with Crippen LogP contribution in [0.2, 0.25) is 0 Å². The van der Waals surface area contributed by atoms with Crippen LogP contribution in [-0.2, 0) is 4.79 Å². The Bertz CT molecular complexity index is 549. The standard InChI is InChI=1S/C15H20N2O4/c1-15(2,3)14(19)17-7-6-16-13(18)10-4-5-11-12(8-10)21-9-20-11/h4-5,8H,6-7,9H2,1-3H3,(H,16,18)(H,17,19). The third-order valence-electron chi connectivity index (χ3n) is 3.01. The Morgan fingerprint density at radius 3 is 2.48 bits per heavy atom. The Morgan fingerprint density at radius 2 is 1.76 bits per heavy atom. The highest BCUT2D eigenvalue weighted by Gasteiger charge is 2.20. The normalized spacial score (nSPS) is 12.9. The first-order valence-electron chi connectivity index (χ1n) is 6.84. The van der Waals surface area contributed by atoms with Gasteiger partial charge in [-0.1, -0.05) is 20.8 Å². The minimum atomic E-state index is -0.429. The number of carbonyl (C=O) groups excluding carboxylic acids is 2. The molecular weight excluding hydrogens is 272 g/mol. The molecule has 0 fully saturated rings. The molecule has 21 heavy (non-hydrogen) atoms. The largest absolute Gasteiger partial charge is 0.454 e. The molecule has 1 heterocycles. The zero-order valence-corrected chi connectivity index (χ0v) is 12.5. The predicted molar refractivity (Wildman–Crippen MR) is 77.4 cm³/mol. The number of hydrogen-bond donors (Lipinski definition) is 2. The molecule has 0 radical (unpaired) electrons. The minimum Gasteiger partial charge on any atom is -0.454 e. The van der Waals surface area contributed by atoms with E-state index in [1.165, 1.54) is 0 Å². The van der Waals surface area contributed by atoms with Gasteiger partial charge in [-0.2, -0.15) is 0 Å². The lowest BCUT2D eigenvalue weighted by Crippen LogP contribution is -2.39. The molecule has 0 aromatic heterocycles. The summed E-state index contributed by atoms with van der Waals surface area (Å²) in [5.74, 6) is 0.964. The summed E-state index contributed by atoms with van der Waals surface area (Å²) < 4.78 is 10.4. The zero-order chi connectivity index (χ0) is 15.5. The molecule has 1 aliphatic heterocycles. The molecule has 0 bridgehead atoms. The summed E-state index contributed by atoms with van der Waals surface area (Å²) in [4.78, 5) is 23.6. The van der Waals surface area contributed by atoms with E-state index < -0.39 is 5.41 Å². The van der Waals surface area contributed by atoms with Gasteiger partial charge in [0, 0.05) is 24.1 Å². The van der Waals surface area contributed by atoms with E-state index in [-0.39, 0.29) is 18.6 Å². The van der Waals surface area contributed by atoms with Gasteiger partial charge in [-0.05, 0) is 18.2 Å². The molecule has 114 valence electrons. The van der Waals surface area contributed by atoms with Crippen molar-refractivity contribution in [2.24, 2.45) is 5.41 Å². The number of fused-ring (bicyclic) bond motifs is 1. The fourth-order valence-corrected chi connectivity index (χ4v) is 1.76. The topological polar surface area (TPSA) is 76.7 Å². The second-order valence-corrected chi connectivity index (χ2v) is 5.83. The molecule has 6 nitrogen and oxygen atoms in total. The number of hydrogen-bond acceptors (Lipinski definition) is 4. The Labute approximate surface area is 123 Å². The summed E-state index contributed by atoms with van der Waals surface area (Å²) in [6, 6.07) is 5.03. The van der Waals surface area contributed by atoms with Crippen LogP contribution in [0.4, 0.5) is 0 Å². The fourth-order valence-electron chi connectivity index (χ4n) is 1.76. The maximum Gasteiger partial charge on any atom is 0.251 e. The van der Waals surface area contributed by atoms with Crippen molar-refractivity contribution < 1.29 is 19.1 Å². The molecule has 2 amide bonds. The number of nitrogens with one attached hydrogen (secondary N) is 2. The third-order valence-corrected chi connectivity index (χ3v) is 3.01. The molecule has 0 unspecified atom stereocenters. The van der Waals surface area contributed by atoms with Gasteiger partial charge in [0.1, 0.15) is 0 Å². The van der Waals surface area contributed by atoms with Gasteiger partial charge in [0.25, 0.3) is 5.91 Å². The molecule has 0 saturated heterocycles. The summed E-state index contributed by atoms with van der Waals surface area (Å²) in [5.41, 5.74) is 0.0721. The highest BCUT2D eigenvalue weighted by atomic mass is 16.7. The van der Waals surface area contributed by atoms with Crippen molar-refractivity contribution in [3.8, 4) is 11.5 Å². The fraction of sp³-hybridized carbons (Fsp3) is 0.467. The number of amides is 2. The first kappa shape index (κ1) is 15.2. The van der Waals surface area contributed by atoms with Crippen LogP contribution in [0, 0.1) is 5.41 Å². The van der Waals surface area contributed by atoms with Crippen LogP contribution in [0.15, 0.2) is 18.2 Å². The van der Waals surface area contributed by atoms with Crippen LogP contribution < -0.4 is 20.1 Å². The molecular formula is C15H20N2O4. The van der Waals surface area contributed by atoms with Crippen molar-refractivity contribution in [3.63, 3.8) is 0 Å². The van der Waals surface area contributed by atoms with Crippen molar-refractivity contribution in [3.05, 3.63) is 23.8 Å². The molecule has 1 aromatic rings. The lowest BCUT2D eigenvalue weighted by molar-refractivity contribution is -0.128. The lowest BCUT2D eigenvalue weighted by Gasteiger charge is -2.17. The van der Waals surface area contributed by atoms with Crippen LogP contribution in [0.5, 0.6) is 11.5 Å². The molecule has 1 aliphatic rings. The number of rotatable bonds is 4. The molecule has 6 heteroatoms. The first-order chi connectivity index (χ1) is 9.88. The molecule has 2 rings (SSSR count). The molecule has 0 aliphatic carbocycles. The van der Waals surface area contributed by atoms with Crippen molar-refractivity contribution in [2.75, 3.05) is 19.9 Å². The Balaban J connectivity index is 1.79. The van der Waals surface area contributed by atoms with E-state index in [0.717, 1.165) is 0 Å². The van der Waals surface area contributed by atoms with E-state index in [1.54, 1.807) is 18.2 Å². The molecule has 2 N–H and O–H groups in total. The highest BCUT2D eigenvalue weighted by molar-refractivity contribution is 5.95. The minimum absolute atomic E-state index is 0.0418. The quantitative estimate of drug-likeness (QED) is 0.820. The predicted octanol–water partition coefficient (Wildman–Crippen LogP) is 1.31. The second kappa shape index (κ2) is 6.03. The van der Waals surface area contributed by atoms with Crippen LogP contribution in [0.1, 0.15) is 31.1 Å². The maximum absolute atomic E-state index is 12.0. The van der Waals surface area contributed by atoms with Gasteiger partial charge >= 0.3 is 0 Å². The van der Waals surface area contributed by atoms with Crippen LogP contribution in [0.25, 0.3) is 0 Å². The summed E-state index contributed by atoms with van der Waals surface area (Å²) in [6.07, 6.45) is 0. The smallest absolute Gasteiger partial charge is 0.251 e. The number of benzene rings is 1. The zero-order valence-electron chi connectivity index (χ0n) is 12.5. The third kappa shape index (κ3) is 3.87. The summed E-state index contributed by atoms with van der Waals surface area (Å²) >= 11 is 0. The number of carbonyl (C=O) groups is 2. The molecule has 0 saturated carbocycles. The van der Waals surface area contributed by atoms with E-state index in [1.807, 2.05) is 20.8 Å². The van der Waals surface area contributed by atoms with Gasteiger partial charge in [-0.3, -0.25) is 9.59 Å². The van der Waals surface area contributed by atoms with E-state index >= 15 is 0 Å². The van der Waals surface area contributed by atoms with Gasteiger partial charge in [-0.25, -0.2) is 0 Å². The molecule has 1 aromatic carbocycles. The Kier molecular flexibility index (Phi) is 4.35. The number of ether oxygens (including phenoxy) is 2. The molecule has 0 atom stereocenters. The second-order valence-electron chi connectivity index (χ2n) is 5.83. The van der Waals surface area contributed by atoms with Gasteiger partial charge < -0.3 is 20.1 Å². The SMILES string of the molecule is CC(C)(C)C(=O)NCCNC(=O)c1ccc2c(c1)OCO2. The van der Waals surface area contributed by atoms with E-state index in [4.69, 9.17) is 9.47 Å². The van der Waals surface area contributed by atoms with E-state index in [9.17, 15) is 9.59 Å². The van der Waals surface area contributed by atoms with E-state index in [2.05, 4.69) is 10.6 Å². The maximum atomic E-state index is 12.0. The van der Waals surface area contributed by atoms with Crippen LogP contribution in [-0.4, -0.2) is 31.7 Å². The summed E-state index contributed by atoms with van der Waals surface area (Å²) in [5, 5.41) is 5.52. The van der Waals surface area contributed by atoms with E-state index in [0.29, 0.717) is 30.2 Å². The Morgan fingerprint density at radius 1 is 1.10 bits per heavy atom. The van der Waals surface area contributed by atoms with Crippen molar-refractivity contribution in [1.82, 2.24) is 10.6 Å². The monoisotopic (exact) mass is 292 g/mol. The molecule has 0 spiro atoms. The lowest BCUT2D eigenvalue weighted by atomic mass is 9.96. The average molecular weight is 292 g/mol. The van der Waals surface area contributed by atoms with Gasteiger partial charge in [0.15, 0.2) is 11.5 Å². The Hall–Kier alpha value is -2.24. The highest BCUT2D eigenvalue weighted by Crippen LogP contribution is 2.32. The summed E-state index contributed by atoms with van der Waals surface area (Å²) in [7, 11) is 0. The van der Waals surface area contributed by atoms with Gasteiger partial charge in [0.2, 0.25) is 12.7 Å². The first-order valence-corrected chi connectivity index (χ1v) is 6.84. The van der Waals surface area contributed by atoms with Crippen molar-refractivity contribution in [1.29, 1.82) is 0 Å². The van der Waals surface area contributed by atoms with Crippen LogP contribution >= 0.6 is 0 Å².